The molecule has 60 valence electrons. The van der Waals surface area contributed by atoms with Gasteiger partial charge in [0.1, 0.15) is 0 Å². The maximum atomic E-state index is 10.2. The predicted octanol–water partition coefficient (Wildman–Crippen LogP) is 2.31. The molecule has 0 spiro atoms. The highest BCUT2D eigenvalue weighted by Gasteiger charge is 2.09. The Morgan fingerprint density at radius 1 is 1.70 bits per heavy atom. The maximum absolute atomic E-state index is 10.2. The number of carboxylic acids is 1. The summed E-state index contributed by atoms with van der Waals surface area (Å²) in [6, 6.07) is 0. The first kappa shape index (κ1) is 10.2. The second kappa shape index (κ2) is 5.95. The molecule has 0 radical (unpaired) electrons. The molecular formula is C7H13IO2. The van der Waals surface area contributed by atoms with Gasteiger partial charge in [0.25, 0.3) is 0 Å². The minimum absolute atomic E-state index is 0.330. The molecule has 10 heavy (non-hydrogen) atoms. The maximum Gasteiger partial charge on any atom is 0.303 e. The molecule has 0 amide bonds. The summed E-state index contributed by atoms with van der Waals surface area (Å²) in [5, 5.41) is 8.44. The van der Waals surface area contributed by atoms with Crippen LogP contribution >= 0.6 is 22.6 Å². The van der Waals surface area contributed by atoms with Crippen LogP contribution in [0.1, 0.15) is 26.2 Å². The minimum Gasteiger partial charge on any atom is -0.481 e. The van der Waals surface area contributed by atoms with Gasteiger partial charge in [0.05, 0.1) is 0 Å². The summed E-state index contributed by atoms with van der Waals surface area (Å²) in [6.07, 6.45) is 2.45. The molecule has 0 aromatic rings. The van der Waals surface area contributed by atoms with Crippen molar-refractivity contribution in [2.45, 2.75) is 26.2 Å². The molecule has 0 heterocycles. The van der Waals surface area contributed by atoms with Crippen LogP contribution in [0.3, 0.4) is 0 Å². The highest BCUT2D eigenvalue weighted by molar-refractivity contribution is 14.1. The van der Waals surface area contributed by atoms with E-state index in [9.17, 15) is 4.79 Å². The van der Waals surface area contributed by atoms with Crippen LogP contribution in [-0.2, 0) is 4.79 Å². The minimum atomic E-state index is -0.671. The summed E-state index contributed by atoms with van der Waals surface area (Å²) < 4.78 is 0.956. The first-order chi connectivity index (χ1) is 4.70. The molecule has 0 aliphatic carbocycles. The van der Waals surface area contributed by atoms with E-state index in [2.05, 4.69) is 29.5 Å². The van der Waals surface area contributed by atoms with Gasteiger partial charge in [-0.25, -0.2) is 0 Å². The number of hydrogen-bond donors (Lipinski definition) is 1. The van der Waals surface area contributed by atoms with Gasteiger partial charge < -0.3 is 5.11 Å². The van der Waals surface area contributed by atoms with Crippen LogP contribution in [-0.4, -0.2) is 15.5 Å². The number of hydrogen-bond acceptors (Lipinski definition) is 1. The quantitative estimate of drug-likeness (QED) is 0.605. The Morgan fingerprint density at radius 3 is 2.60 bits per heavy atom. The monoisotopic (exact) mass is 256 g/mol. The molecule has 0 rings (SSSR count). The molecule has 0 saturated carbocycles. The van der Waals surface area contributed by atoms with Crippen LogP contribution in [0.2, 0.25) is 0 Å². The van der Waals surface area contributed by atoms with Crippen LogP contribution in [0, 0.1) is 5.92 Å². The average molecular weight is 256 g/mol. The summed E-state index contributed by atoms with van der Waals surface area (Å²) in [5.74, 6) is -0.293. The molecule has 3 heteroatoms. The molecule has 1 N–H and O–H groups in total. The fraction of sp³-hybridized carbons (Fsp3) is 0.857. The predicted molar refractivity (Wildman–Crippen MR) is 49.5 cm³/mol. The molecule has 0 fully saturated rings. The molecule has 1 atom stereocenters. The van der Waals surface area contributed by atoms with E-state index in [-0.39, 0.29) is 0 Å². The zero-order chi connectivity index (χ0) is 7.98. The number of rotatable bonds is 5. The third kappa shape index (κ3) is 5.02. The first-order valence-corrected chi connectivity index (χ1v) is 5.01. The Morgan fingerprint density at radius 2 is 2.30 bits per heavy atom. The summed E-state index contributed by atoms with van der Waals surface area (Å²) in [6.45, 7) is 2.08. The first-order valence-electron chi connectivity index (χ1n) is 3.48. The summed E-state index contributed by atoms with van der Waals surface area (Å²) in [4.78, 5) is 10.2. The molecule has 0 saturated heterocycles. The van der Waals surface area contributed by atoms with Gasteiger partial charge in [-0.1, -0.05) is 35.9 Å². The van der Waals surface area contributed by atoms with E-state index in [4.69, 9.17) is 5.11 Å². The van der Waals surface area contributed by atoms with Gasteiger partial charge in [0, 0.05) is 10.8 Å². The molecule has 0 aliphatic heterocycles. The van der Waals surface area contributed by atoms with Gasteiger partial charge in [-0.3, -0.25) is 4.79 Å². The lowest BCUT2D eigenvalue weighted by Crippen LogP contribution is -2.08. The Bertz CT molecular complexity index is 104. The summed E-state index contributed by atoms with van der Waals surface area (Å²) >= 11 is 2.24. The van der Waals surface area contributed by atoms with E-state index in [1.165, 1.54) is 0 Å². The molecule has 0 bridgehead atoms. The summed E-state index contributed by atoms with van der Waals surface area (Å²) in [5.41, 5.74) is 0. The van der Waals surface area contributed by atoms with Gasteiger partial charge >= 0.3 is 5.97 Å². The highest BCUT2D eigenvalue weighted by atomic mass is 127. The SMILES string of the molecule is CCCC(CI)CC(=O)O. The van der Waals surface area contributed by atoms with E-state index in [0.717, 1.165) is 17.3 Å². The van der Waals surface area contributed by atoms with Crippen LogP contribution in [0.5, 0.6) is 0 Å². The smallest absolute Gasteiger partial charge is 0.303 e. The number of carboxylic acid groups (broad SMARTS) is 1. The number of alkyl halides is 1. The van der Waals surface area contributed by atoms with Gasteiger partial charge in [-0.15, -0.1) is 0 Å². The van der Waals surface area contributed by atoms with Crippen molar-refractivity contribution in [2.24, 2.45) is 5.92 Å². The lowest BCUT2D eigenvalue weighted by atomic mass is 10.0. The Balaban J connectivity index is 3.49. The molecule has 0 aliphatic rings. The van der Waals surface area contributed by atoms with Crippen molar-refractivity contribution in [3.05, 3.63) is 0 Å². The number of aliphatic carboxylic acids is 1. The lowest BCUT2D eigenvalue weighted by Gasteiger charge is -2.08. The third-order valence-corrected chi connectivity index (χ3v) is 2.62. The van der Waals surface area contributed by atoms with Crippen LogP contribution in [0.4, 0.5) is 0 Å². The van der Waals surface area contributed by atoms with Crippen molar-refractivity contribution in [2.75, 3.05) is 4.43 Å². The van der Waals surface area contributed by atoms with Gasteiger partial charge in [0.2, 0.25) is 0 Å². The fourth-order valence-corrected chi connectivity index (χ4v) is 1.64. The number of carbonyl (C=O) groups is 1. The van der Waals surface area contributed by atoms with E-state index >= 15 is 0 Å². The van der Waals surface area contributed by atoms with Crippen LogP contribution in [0.15, 0.2) is 0 Å². The van der Waals surface area contributed by atoms with Crippen molar-refractivity contribution in [3.8, 4) is 0 Å². The zero-order valence-corrected chi connectivity index (χ0v) is 8.30. The second-order valence-corrected chi connectivity index (χ2v) is 3.29. The van der Waals surface area contributed by atoms with E-state index in [1.54, 1.807) is 0 Å². The van der Waals surface area contributed by atoms with Crippen molar-refractivity contribution < 1.29 is 9.90 Å². The molecule has 0 aromatic heterocycles. The largest absolute Gasteiger partial charge is 0.481 e. The van der Waals surface area contributed by atoms with Gasteiger partial charge in [-0.2, -0.15) is 0 Å². The third-order valence-electron chi connectivity index (χ3n) is 1.38. The topological polar surface area (TPSA) is 37.3 Å². The van der Waals surface area contributed by atoms with E-state index in [1.807, 2.05) is 0 Å². The average Bonchev–Trinajstić information content (AvgIpc) is 1.86. The Hall–Kier alpha value is 0.200. The van der Waals surface area contributed by atoms with Crippen molar-refractivity contribution in [1.29, 1.82) is 0 Å². The molecular weight excluding hydrogens is 243 g/mol. The molecule has 2 nitrogen and oxygen atoms in total. The van der Waals surface area contributed by atoms with Crippen molar-refractivity contribution >= 4 is 28.6 Å². The van der Waals surface area contributed by atoms with E-state index in [0.29, 0.717) is 12.3 Å². The highest BCUT2D eigenvalue weighted by Crippen LogP contribution is 2.13. The van der Waals surface area contributed by atoms with Crippen LogP contribution in [0.25, 0.3) is 0 Å². The fourth-order valence-electron chi connectivity index (χ4n) is 0.889. The normalized spacial score (nSPS) is 13.0. The van der Waals surface area contributed by atoms with E-state index < -0.39 is 5.97 Å². The van der Waals surface area contributed by atoms with Crippen LogP contribution < -0.4 is 0 Å². The Kier molecular flexibility index (Phi) is 6.06. The molecule has 0 aromatic carbocycles. The zero-order valence-electron chi connectivity index (χ0n) is 6.14. The number of halogens is 1. The molecule has 1 unspecified atom stereocenters. The van der Waals surface area contributed by atoms with Gasteiger partial charge in [-0.05, 0) is 12.3 Å². The van der Waals surface area contributed by atoms with Crippen molar-refractivity contribution in [3.63, 3.8) is 0 Å². The second-order valence-electron chi connectivity index (χ2n) is 2.41. The van der Waals surface area contributed by atoms with Crippen molar-refractivity contribution in [1.82, 2.24) is 0 Å². The van der Waals surface area contributed by atoms with Gasteiger partial charge in [0.15, 0.2) is 0 Å². The summed E-state index contributed by atoms with van der Waals surface area (Å²) in [7, 11) is 0. The Labute approximate surface area is 75.1 Å². The standard InChI is InChI=1S/C7H13IO2/c1-2-3-6(5-8)4-7(9)10/h6H,2-5H2,1H3,(H,9,10). The lowest BCUT2D eigenvalue weighted by molar-refractivity contribution is -0.137.